The highest BCUT2D eigenvalue weighted by Gasteiger charge is 2.53. The average Bonchev–Trinajstić information content (AvgIpc) is 3.30. The molecule has 1 aliphatic carbocycles. The van der Waals surface area contributed by atoms with Gasteiger partial charge in [-0.05, 0) is 43.2 Å². The van der Waals surface area contributed by atoms with E-state index in [1.54, 1.807) is 6.20 Å². The second kappa shape index (κ2) is 4.54. The van der Waals surface area contributed by atoms with Crippen LogP contribution in [0.1, 0.15) is 28.9 Å². The monoisotopic (exact) mass is 316 g/mol. The normalized spacial score (nSPS) is 17.4. The van der Waals surface area contributed by atoms with Crippen molar-refractivity contribution in [2.75, 3.05) is 7.05 Å². The third-order valence-electron chi connectivity index (χ3n) is 5.26. The van der Waals surface area contributed by atoms with Crippen LogP contribution in [0.25, 0.3) is 16.9 Å². The summed E-state index contributed by atoms with van der Waals surface area (Å²) >= 11 is 0. The van der Waals surface area contributed by atoms with Crippen LogP contribution in [0.15, 0.2) is 54.9 Å². The number of carbonyl (C=O) groups excluding carboxylic acids is 1. The van der Waals surface area contributed by atoms with Crippen molar-refractivity contribution in [1.29, 1.82) is 0 Å². The predicted molar refractivity (Wildman–Crippen MR) is 89.8 cm³/mol. The predicted octanol–water partition coefficient (Wildman–Crippen LogP) is 3.01. The number of fused-ring (bicyclic) bond motifs is 4. The van der Waals surface area contributed by atoms with Crippen molar-refractivity contribution in [3.63, 3.8) is 0 Å². The summed E-state index contributed by atoms with van der Waals surface area (Å²) in [5.41, 5.74) is 4.66. The SMILES string of the molecule is CN1C(=O)c2cccn2-c2cc(-c3cccnn3)ccc2C12CC2. The van der Waals surface area contributed by atoms with Gasteiger partial charge in [0.05, 0.1) is 16.9 Å². The van der Waals surface area contributed by atoms with E-state index < -0.39 is 0 Å². The molecule has 0 N–H and O–H groups in total. The minimum Gasteiger partial charge on any atom is -0.331 e. The van der Waals surface area contributed by atoms with Crippen molar-refractivity contribution in [3.8, 4) is 16.9 Å². The van der Waals surface area contributed by atoms with Gasteiger partial charge in [0.25, 0.3) is 5.91 Å². The zero-order valence-electron chi connectivity index (χ0n) is 13.3. The molecule has 5 rings (SSSR count). The van der Waals surface area contributed by atoms with Gasteiger partial charge in [0, 0.05) is 30.6 Å². The Labute approximate surface area is 139 Å². The molecule has 3 aromatic rings. The summed E-state index contributed by atoms with van der Waals surface area (Å²) in [6.07, 6.45) is 5.65. The van der Waals surface area contributed by atoms with Gasteiger partial charge in [-0.3, -0.25) is 4.79 Å². The molecule has 0 atom stereocenters. The number of benzene rings is 1. The van der Waals surface area contributed by atoms with E-state index >= 15 is 0 Å². The molecule has 24 heavy (non-hydrogen) atoms. The highest BCUT2D eigenvalue weighted by molar-refractivity contribution is 5.95. The number of hydrogen-bond acceptors (Lipinski definition) is 3. The molecule has 0 unspecified atom stereocenters. The topological polar surface area (TPSA) is 51.0 Å². The summed E-state index contributed by atoms with van der Waals surface area (Å²) in [6, 6.07) is 14.0. The Hall–Kier alpha value is -2.95. The molecule has 2 aromatic heterocycles. The standard InChI is InChI=1S/C19H16N4O/c1-22-18(24)16-5-3-11-23(16)17-12-13(15-4-2-10-20-21-15)6-7-14(17)19(22)8-9-19/h2-7,10-12H,8-9H2,1H3. The van der Waals surface area contributed by atoms with Crippen LogP contribution in [-0.4, -0.2) is 32.6 Å². The lowest BCUT2D eigenvalue weighted by Gasteiger charge is -2.27. The van der Waals surface area contributed by atoms with Gasteiger partial charge in [-0.25, -0.2) is 0 Å². The summed E-state index contributed by atoms with van der Waals surface area (Å²) < 4.78 is 2.00. The number of amides is 1. The molecular weight excluding hydrogens is 300 g/mol. The molecule has 0 bridgehead atoms. The van der Waals surface area contributed by atoms with Crippen molar-refractivity contribution in [2.24, 2.45) is 0 Å². The van der Waals surface area contributed by atoms with Gasteiger partial charge in [-0.2, -0.15) is 10.2 Å². The van der Waals surface area contributed by atoms with Gasteiger partial charge in [-0.1, -0.05) is 12.1 Å². The van der Waals surface area contributed by atoms with Gasteiger partial charge >= 0.3 is 0 Å². The second-order valence-electron chi connectivity index (χ2n) is 6.50. The summed E-state index contributed by atoms with van der Waals surface area (Å²) in [6.45, 7) is 0. The van der Waals surface area contributed by atoms with Crippen molar-refractivity contribution in [3.05, 3.63) is 66.1 Å². The fourth-order valence-corrected chi connectivity index (χ4v) is 3.77. The smallest absolute Gasteiger partial charge is 0.271 e. The van der Waals surface area contributed by atoms with Crippen LogP contribution < -0.4 is 0 Å². The molecular formula is C19H16N4O. The maximum atomic E-state index is 12.9. The van der Waals surface area contributed by atoms with Gasteiger partial charge in [0.1, 0.15) is 5.69 Å². The first-order valence-electron chi connectivity index (χ1n) is 8.09. The van der Waals surface area contributed by atoms with Gasteiger partial charge in [0.2, 0.25) is 0 Å². The molecule has 1 aliphatic heterocycles. The lowest BCUT2D eigenvalue weighted by molar-refractivity contribution is 0.0705. The van der Waals surface area contributed by atoms with E-state index in [0.717, 1.165) is 29.8 Å². The van der Waals surface area contributed by atoms with Crippen molar-refractivity contribution in [1.82, 2.24) is 19.7 Å². The van der Waals surface area contributed by atoms with Gasteiger partial charge in [-0.15, -0.1) is 0 Å². The molecule has 5 nitrogen and oxygen atoms in total. The van der Waals surface area contributed by atoms with E-state index in [1.807, 2.05) is 47.0 Å². The number of aromatic nitrogens is 3. The van der Waals surface area contributed by atoms with Gasteiger partial charge in [0.15, 0.2) is 0 Å². The second-order valence-corrected chi connectivity index (χ2v) is 6.50. The molecule has 3 heterocycles. The van der Waals surface area contributed by atoms with Crippen molar-refractivity contribution >= 4 is 5.91 Å². The molecule has 5 heteroatoms. The third-order valence-corrected chi connectivity index (χ3v) is 5.26. The van der Waals surface area contributed by atoms with Gasteiger partial charge < -0.3 is 9.47 Å². The third kappa shape index (κ3) is 1.67. The van der Waals surface area contributed by atoms with Crippen LogP contribution in [-0.2, 0) is 5.54 Å². The molecule has 118 valence electrons. The molecule has 1 fully saturated rings. The Morgan fingerprint density at radius 3 is 2.75 bits per heavy atom. The van der Waals surface area contributed by atoms with Crippen LogP contribution in [0, 0.1) is 0 Å². The van der Waals surface area contributed by atoms with Crippen molar-refractivity contribution < 1.29 is 4.79 Å². The largest absolute Gasteiger partial charge is 0.331 e. The first-order valence-corrected chi connectivity index (χ1v) is 8.09. The lowest BCUT2D eigenvalue weighted by atomic mass is 9.98. The van der Waals surface area contributed by atoms with E-state index in [9.17, 15) is 4.79 Å². The van der Waals surface area contributed by atoms with Crippen LogP contribution in [0.3, 0.4) is 0 Å². The van der Waals surface area contributed by atoms with E-state index in [-0.39, 0.29) is 11.4 Å². The van der Waals surface area contributed by atoms with E-state index in [4.69, 9.17) is 0 Å². The fraction of sp³-hybridized carbons (Fsp3) is 0.211. The molecule has 2 aliphatic rings. The molecule has 1 aromatic carbocycles. The lowest BCUT2D eigenvalue weighted by Crippen LogP contribution is -2.36. The highest BCUT2D eigenvalue weighted by Crippen LogP contribution is 2.54. The fourth-order valence-electron chi connectivity index (χ4n) is 3.77. The summed E-state index contributed by atoms with van der Waals surface area (Å²) in [5, 5.41) is 8.18. The summed E-state index contributed by atoms with van der Waals surface area (Å²) in [5.74, 6) is 0.0785. The maximum absolute atomic E-state index is 12.9. The van der Waals surface area contributed by atoms with E-state index in [2.05, 4.69) is 28.4 Å². The number of carbonyl (C=O) groups is 1. The Morgan fingerprint density at radius 2 is 2.00 bits per heavy atom. The summed E-state index contributed by atoms with van der Waals surface area (Å²) in [4.78, 5) is 14.8. The number of nitrogens with zero attached hydrogens (tertiary/aromatic N) is 4. The minimum absolute atomic E-state index is 0.0785. The molecule has 1 spiro atoms. The number of hydrogen-bond donors (Lipinski definition) is 0. The first-order chi connectivity index (χ1) is 11.7. The summed E-state index contributed by atoms with van der Waals surface area (Å²) in [7, 11) is 1.92. The van der Waals surface area contributed by atoms with Crippen LogP contribution >= 0.6 is 0 Å². The van der Waals surface area contributed by atoms with Crippen LogP contribution in [0.2, 0.25) is 0 Å². The molecule has 0 saturated heterocycles. The Morgan fingerprint density at radius 1 is 1.12 bits per heavy atom. The Kier molecular flexibility index (Phi) is 2.55. The van der Waals surface area contributed by atoms with E-state index in [1.165, 1.54) is 5.56 Å². The zero-order chi connectivity index (χ0) is 16.3. The molecule has 1 saturated carbocycles. The zero-order valence-corrected chi connectivity index (χ0v) is 13.3. The molecule has 1 amide bonds. The number of rotatable bonds is 1. The van der Waals surface area contributed by atoms with Crippen LogP contribution in [0.4, 0.5) is 0 Å². The van der Waals surface area contributed by atoms with Crippen LogP contribution in [0.5, 0.6) is 0 Å². The first kappa shape index (κ1) is 13.5. The Bertz CT molecular complexity index is 957. The molecule has 0 radical (unpaired) electrons. The van der Waals surface area contributed by atoms with Crippen molar-refractivity contribution in [2.45, 2.75) is 18.4 Å². The highest BCUT2D eigenvalue weighted by atomic mass is 16.2. The maximum Gasteiger partial charge on any atom is 0.271 e. The van der Waals surface area contributed by atoms with E-state index in [0.29, 0.717) is 5.69 Å². The minimum atomic E-state index is -0.160. The Balaban J connectivity index is 1.78. The quantitative estimate of drug-likeness (QED) is 0.693. The average molecular weight is 316 g/mol.